The first kappa shape index (κ1) is 16.1. The Labute approximate surface area is 131 Å². The van der Waals surface area contributed by atoms with E-state index in [1.807, 2.05) is 11.9 Å². The normalized spacial score (nSPS) is 20.1. The summed E-state index contributed by atoms with van der Waals surface area (Å²) in [6.45, 7) is 4.40. The van der Waals surface area contributed by atoms with Crippen LogP contribution >= 0.6 is 11.6 Å². The molecule has 5 heteroatoms. The third-order valence-corrected chi connectivity index (χ3v) is 4.05. The molecule has 1 aliphatic rings. The number of ether oxygens (including phenoxy) is 1. The maximum absolute atomic E-state index is 12.5. The van der Waals surface area contributed by atoms with Gasteiger partial charge in [-0.25, -0.2) is 0 Å². The minimum atomic E-state index is -0.473. The average Bonchev–Trinajstić information content (AvgIpc) is 2.49. The minimum Gasteiger partial charge on any atom is -0.481 e. The first-order valence-corrected chi connectivity index (χ1v) is 7.83. The van der Waals surface area contributed by atoms with Crippen LogP contribution in [0.15, 0.2) is 24.3 Å². The molecule has 0 radical (unpaired) electrons. The van der Waals surface area contributed by atoms with Crippen LogP contribution in [0.3, 0.4) is 0 Å². The highest BCUT2D eigenvalue weighted by atomic mass is 35.5. The van der Waals surface area contributed by atoms with E-state index in [0.29, 0.717) is 16.7 Å². The number of piperidine rings is 1. The van der Waals surface area contributed by atoms with Crippen molar-refractivity contribution in [3.63, 3.8) is 0 Å². The molecule has 1 heterocycles. The van der Waals surface area contributed by atoms with Crippen molar-refractivity contribution < 1.29 is 9.53 Å². The summed E-state index contributed by atoms with van der Waals surface area (Å²) in [5, 5.41) is 3.85. The molecule has 2 rings (SSSR count). The van der Waals surface area contributed by atoms with Gasteiger partial charge in [-0.1, -0.05) is 11.6 Å². The topological polar surface area (TPSA) is 41.6 Å². The average molecular weight is 311 g/mol. The van der Waals surface area contributed by atoms with Crippen LogP contribution in [0.2, 0.25) is 5.02 Å². The molecule has 0 bridgehead atoms. The highest BCUT2D eigenvalue weighted by Gasteiger charge is 2.27. The lowest BCUT2D eigenvalue weighted by molar-refractivity contribution is -0.139. The molecule has 1 aromatic rings. The van der Waals surface area contributed by atoms with Gasteiger partial charge in [0.25, 0.3) is 5.91 Å². The molecule has 1 amide bonds. The lowest BCUT2D eigenvalue weighted by atomic mass is 9.97. The molecule has 0 spiro atoms. The molecule has 1 saturated heterocycles. The fourth-order valence-electron chi connectivity index (χ4n) is 2.75. The predicted molar refractivity (Wildman–Crippen MR) is 84.8 cm³/mol. The van der Waals surface area contributed by atoms with E-state index in [1.54, 1.807) is 31.2 Å². The Morgan fingerprint density at radius 3 is 2.86 bits per heavy atom. The number of nitrogens with zero attached hydrogens (tertiary/aromatic N) is 1. The van der Waals surface area contributed by atoms with Crippen LogP contribution in [-0.4, -0.2) is 43.6 Å². The van der Waals surface area contributed by atoms with Crippen molar-refractivity contribution in [1.29, 1.82) is 0 Å². The molecule has 116 valence electrons. The van der Waals surface area contributed by atoms with E-state index in [2.05, 4.69) is 5.32 Å². The number of hydrogen-bond acceptors (Lipinski definition) is 3. The van der Waals surface area contributed by atoms with Crippen LogP contribution in [0.1, 0.15) is 19.8 Å². The predicted octanol–water partition coefficient (Wildman–Crippen LogP) is 2.57. The maximum Gasteiger partial charge on any atom is 0.263 e. The van der Waals surface area contributed by atoms with Gasteiger partial charge in [-0.3, -0.25) is 4.79 Å². The highest BCUT2D eigenvalue weighted by molar-refractivity contribution is 6.30. The van der Waals surface area contributed by atoms with E-state index in [4.69, 9.17) is 16.3 Å². The number of likely N-dealkylation sites (tertiary alicyclic amines) is 1. The van der Waals surface area contributed by atoms with Crippen molar-refractivity contribution in [3.05, 3.63) is 29.3 Å². The zero-order valence-electron chi connectivity index (χ0n) is 12.6. The van der Waals surface area contributed by atoms with Crippen LogP contribution in [0.5, 0.6) is 5.75 Å². The summed E-state index contributed by atoms with van der Waals surface area (Å²) >= 11 is 5.84. The molecule has 0 saturated carbocycles. The molecule has 2 atom stereocenters. The standard InChI is InChI=1S/C16H23ClN2O2/c1-12(21-15-7-5-14(17)6-8-15)16(20)19-9-3-4-13(11-19)10-18-2/h5-8,12-13,18H,3-4,9-11H2,1-2H3/t12-,13-/m0/s1. The fourth-order valence-corrected chi connectivity index (χ4v) is 2.87. The second-order valence-electron chi connectivity index (χ2n) is 5.56. The number of carbonyl (C=O) groups excluding carboxylic acids is 1. The van der Waals surface area contributed by atoms with Gasteiger partial charge in [0, 0.05) is 18.1 Å². The highest BCUT2D eigenvalue weighted by Crippen LogP contribution is 2.20. The molecule has 21 heavy (non-hydrogen) atoms. The Morgan fingerprint density at radius 1 is 1.48 bits per heavy atom. The summed E-state index contributed by atoms with van der Waals surface area (Å²) in [5.74, 6) is 1.27. The van der Waals surface area contributed by atoms with Gasteiger partial charge in [-0.15, -0.1) is 0 Å². The Bertz CT molecular complexity index is 462. The zero-order valence-corrected chi connectivity index (χ0v) is 13.4. The third kappa shape index (κ3) is 4.61. The summed E-state index contributed by atoms with van der Waals surface area (Å²) in [7, 11) is 1.95. The van der Waals surface area contributed by atoms with E-state index in [9.17, 15) is 4.79 Å². The van der Waals surface area contributed by atoms with E-state index in [1.165, 1.54) is 6.42 Å². The fraction of sp³-hybridized carbons (Fsp3) is 0.562. The summed E-state index contributed by atoms with van der Waals surface area (Å²) in [6, 6.07) is 7.09. The quantitative estimate of drug-likeness (QED) is 0.909. The van der Waals surface area contributed by atoms with Crippen molar-refractivity contribution >= 4 is 17.5 Å². The van der Waals surface area contributed by atoms with Gasteiger partial charge in [-0.2, -0.15) is 0 Å². The second-order valence-corrected chi connectivity index (χ2v) is 6.00. The number of hydrogen-bond donors (Lipinski definition) is 1. The van der Waals surface area contributed by atoms with Crippen LogP contribution in [0, 0.1) is 5.92 Å². The number of benzene rings is 1. The van der Waals surface area contributed by atoms with Crippen LogP contribution in [0.4, 0.5) is 0 Å². The molecule has 0 aromatic heterocycles. The minimum absolute atomic E-state index is 0.0609. The zero-order chi connectivity index (χ0) is 15.2. The largest absolute Gasteiger partial charge is 0.481 e. The molecule has 0 unspecified atom stereocenters. The lowest BCUT2D eigenvalue weighted by Crippen LogP contribution is -2.47. The van der Waals surface area contributed by atoms with Gasteiger partial charge < -0.3 is 15.0 Å². The maximum atomic E-state index is 12.5. The lowest BCUT2D eigenvalue weighted by Gasteiger charge is -2.34. The van der Waals surface area contributed by atoms with Crippen molar-refractivity contribution in [2.75, 3.05) is 26.7 Å². The summed E-state index contributed by atoms with van der Waals surface area (Å²) in [4.78, 5) is 14.4. The monoisotopic (exact) mass is 310 g/mol. The Kier molecular flexibility index (Phi) is 5.88. The van der Waals surface area contributed by atoms with E-state index < -0.39 is 6.10 Å². The van der Waals surface area contributed by atoms with Crippen molar-refractivity contribution in [3.8, 4) is 5.75 Å². The smallest absolute Gasteiger partial charge is 0.263 e. The Morgan fingerprint density at radius 2 is 2.19 bits per heavy atom. The van der Waals surface area contributed by atoms with E-state index >= 15 is 0 Å². The first-order valence-electron chi connectivity index (χ1n) is 7.45. The summed E-state index contributed by atoms with van der Waals surface area (Å²) in [6.07, 6.45) is 1.77. The molecule has 1 aromatic carbocycles. The van der Waals surface area contributed by atoms with Gasteiger partial charge in [0.15, 0.2) is 6.10 Å². The molecular weight excluding hydrogens is 288 g/mol. The molecule has 0 aliphatic carbocycles. The van der Waals surface area contributed by atoms with Gasteiger partial charge >= 0.3 is 0 Å². The molecule has 4 nitrogen and oxygen atoms in total. The van der Waals surface area contributed by atoms with Crippen LogP contribution < -0.4 is 10.1 Å². The molecule has 1 N–H and O–H groups in total. The Hall–Kier alpha value is -1.26. The van der Waals surface area contributed by atoms with Crippen molar-refractivity contribution in [2.45, 2.75) is 25.9 Å². The van der Waals surface area contributed by atoms with Crippen molar-refractivity contribution in [1.82, 2.24) is 10.2 Å². The third-order valence-electron chi connectivity index (χ3n) is 3.80. The SMILES string of the molecule is CNC[C@@H]1CCCN(C(=O)[C@H](C)Oc2ccc(Cl)cc2)C1. The van der Waals surface area contributed by atoms with Gasteiger partial charge in [0.05, 0.1) is 0 Å². The van der Waals surface area contributed by atoms with Gasteiger partial charge in [0.1, 0.15) is 5.75 Å². The van der Waals surface area contributed by atoms with Gasteiger partial charge in [0.2, 0.25) is 0 Å². The summed E-state index contributed by atoms with van der Waals surface area (Å²) < 4.78 is 5.71. The van der Waals surface area contributed by atoms with Gasteiger partial charge in [-0.05, 0) is 63.5 Å². The number of carbonyl (C=O) groups is 1. The van der Waals surface area contributed by atoms with E-state index in [0.717, 1.165) is 26.1 Å². The van der Waals surface area contributed by atoms with Crippen LogP contribution in [0.25, 0.3) is 0 Å². The molecular formula is C16H23ClN2O2. The summed E-state index contributed by atoms with van der Waals surface area (Å²) in [5.41, 5.74) is 0. The van der Waals surface area contributed by atoms with Crippen LogP contribution in [-0.2, 0) is 4.79 Å². The molecule has 1 aliphatic heterocycles. The van der Waals surface area contributed by atoms with Crippen molar-refractivity contribution in [2.24, 2.45) is 5.92 Å². The number of halogens is 1. The van der Waals surface area contributed by atoms with E-state index in [-0.39, 0.29) is 5.91 Å². The number of amides is 1. The number of rotatable bonds is 5. The first-order chi connectivity index (χ1) is 10.1. The second kappa shape index (κ2) is 7.66. The Balaban J connectivity index is 1.90. The molecule has 1 fully saturated rings. The number of nitrogens with one attached hydrogen (secondary N) is 1.